The molecule has 0 aliphatic heterocycles. The fraction of sp³-hybridized carbons (Fsp3) is 0.500. The Labute approximate surface area is 106 Å². The van der Waals surface area contributed by atoms with E-state index in [9.17, 15) is 0 Å². The average molecular weight is 260 g/mol. The van der Waals surface area contributed by atoms with Crippen LogP contribution < -0.4 is 5.32 Å². The predicted octanol–water partition coefficient (Wildman–Crippen LogP) is 2.78. The van der Waals surface area contributed by atoms with Crippen LogP contribution in [-0.4, -0.2) is 24.5 Å². The number of hydrogen-bond acceptors (Lipinski definition) is 3. The Morgan fingerprint density at radius 1 is 1.50 bits per heavy atom. The molecule has 1 rings (SSSR count). The van der Waals surface area contributed by atoms with Gasteiger partial charge in [-0.2, -0.15) is 0 Å². The van der Waals surface area contributed by atoms with Crippen molar-refractivity contribution in [1.29, 1.82) is 0 Å². The second-order valence-electron chi connectivity index (χ2n) is 3.88. The Balaban J connectivity index is 2.71. The molecule has 1 unspecified atom stereocenters. The van der Waals surface area contributed by atoms with Crippen molar-refractivity contribution in [2.24, 2.45) is 5.92 Å². The van der Waals surface area contributed by atoms with E-state index in [1.807, 2.05) is 32.2 Å². The van der Waals surface area contributed by atoms with Crippen molar-refractivity contribution in [3.63, 3.8) is 0 Å². The Hall–Kier alpha value is -0.220. The molecular weight excluding hydrogens is 242 g/mol. The van der Waals surface area contributed by atoms with E-state index in [4.69, 9.17) is 16.7 Å². The summed E-state index contributed by atoms with van der Waals surface area (Å²) in [6.07, 6.45) is 0. The van der Waals surface area contributed by atoms with Gasteiger partial charge in [-0.3, -0.25) is 0 Å². The van der Waals surface area contributed by atoms with Crippen molar-refractivity contribution in [3.8, 4) is 0 Å². The largest absolute Gasteiger partial charge is 0.396 e. The molecule has 1 aromatic carbocycles. The molecule has 0 aromatic heterocycles. The summed E-state index contributed by atoms with van der Waals surface area (Å²) in [7, 11) is 1.93. The first kappa shape index (κ1) is 13.8. The van der Waals surface area contributed by atoms with E-state index in [1.165, 1.54) is 10.5 Å². The van der Waals surface area contributed by atoms with E-state index in [2.05, 4.69) is 5.32 Å². The minimum Gasteiger partial charge on any atom is -0.396 e. The quantitative estimate of drug-likeness (QED) is 0.771. The van der Waals surface area contributed by atoms with E-state index in [1.54, 1.807) is 11.8 Å². The molecule has 0 bridgehead atoms. The maximum Gasteiger partial charge on any atom is 0.0464 e. The lowest BCUT2D eigenvalue weighted by Gasteiger charge is -2.11. The van der Waals surface area contributed by atoms with Crippen molar-refractivity contribution >= 4 is 23.4 Å². The molecule has 0 heterocycles. The molecule has 1 aromatic rings. The van der Waals surface area contributed by atoms with Crippen molar-refractivity contribution in [1.82, 2.24) is 5.32 Å². The number of halogens is 1. The van der Waals surface area contributed by atoms with Gasteiger partial charge in [0.1, 0.15) is 0 Å². The average Bonchev–Trinajstić information content (AvgIpc) is 2.29. The Bertz CT molecular complexity index is 333. The minimum atomic E-state index is 0.231. The third kappa shape index (κ3) is 4.34. The first-order chi connectivity index (χ1) is 7.67. The fourth-order valence-electron chi connectivity index (χ4n) is 1.28. The molecule has 0 spiro atoms. The highest BCUT2D eigenvalue weighted by Crippen LogP contribution is 2.27. The molecule has 0 aliphatic carbocycles. The van der Waals surface area contributed by atoms with Crippen molar-refractivity contribution in [2.45, 2.75) is 18.4 Å². The van der Waals surface area contributed by atoms with Gasteiger partial charge in [0, 0.05) is 28.8 Å². The standard InChI is InChI=1S/C12H18ClNOS/c1-9(7-15)8-16-12-5-11(13)4-3-10(12)6-14-2/h3-5,9,14-15H,6-8H2,1-2H3. The minimum absolute atomic E-state index is 0.231. The van der Waals surface area contributed by atoms with Crippen LogP contribution in [0.3, 0.4) is 0 Å². The molecule has 0 amide bonds. The molecule has 0 saturated carbocycles. The van der Waals surface area contributed by atoms with Crippen LogP contribution >= 0.6 is 23.4 Å². The Morgan fingerprint density at radius 3 is 2.88 bits per heavy atom. The van der Waals surface area contributed by atoms with E-state index in [0.717, 1.165) is 17.3 Å². The zero-order valence-corrected chi connectivity index (χ0v) is 11.2. The number of benzene rings is 1. The fourth-order valence-corrected chi connectivity index (χ4v) is 2.63. The second kappa shape index (κ2) is 7.17. The van der Waals surface area contributed by atoms with Crippen LogP contribution in [-0.2, 0) is 6.54 Å². The van der Waals surface area contributed by atoms with Gasteiger partial charge < -0.3 is 10.4 Å². The molecule has 0 radical (unpaired) electrons. The highest BCUT2D eigenvalue weighted by molar-refractivity contribution is 7.99. The summed E-state index contributed by atoms with van der Waals surface area (Å²) in [5.41, 5.74) is 1.25. The van der Waals surface area contributed by atoms with Crippen LogP contribution in [0.2, 0.25) is 5.02 Å². The summed E-state index contributed by atoms with van der Waals surface area (Å²) < 4.78 is 0. The molecule has 0 aliphatic rings. The van der Waals surface area contributed by atoms with Crippen LogP contribution in [0.25, 0.3) is 0 Å². The molecule has 2 N–H and O–H groups in total. The molecule has 16 heavy (non-hydrogen) atoms. The Kier molecular flexibility index (Phi) is 6.21. The lowest BCUT2D eigenvalue weighted by molar-refractivity contribution is 0.250. The molecule has 0 saturated heterocycles. The number of hydrogen-bond donors (Lipinski definition) is 2. The Morgan fingerprint density at radius 2 is 2.25 bits per heavy atom. The topological polar surface area (TPSA) is 32.3 Å². The summed E-state index contributed by atoms with van der Waals surface area (Å²) in [6.45, 7) is 3.11. The van der Waals surface area contributed by atoms with E-state index >= 15 is 0 Å². The van der Waals surface area contributed by atoms with Gasteiger partial charge in [-0.15, -0.1) is 11.8 Å². The number of rotatable bonds is 6. The highest BCUT2D eigenvalue weighted by atomic mass is 35.5. The van der Waals surface area contributed by atoms with Crippen molar-refractivity contribution in [2.75, 3.05) is 19.4 Å². The van der Waals surface area contributed by atoms with Gasteiger partial charge in [0.05, 0.1) is 0 Å². The van der Waals surface area contributed by atoms with Crippen LogP contribution in [0.1, 0.15) is 12.5 Å². The van der Waals surface area contributed by atoms with Crippen molar-refractivity contribution < 1.29 is 5.11 Å². The zero-order valence-electron chi connectivity index (χ0n) is 9.66. The van der Waals surface area contributed by atoms with Crippen LogP contribution in [0, 0.1) is 5.92 Å². The van der Waals surface area contributed by atoms with Crippen molar-refractivity contribution in [3.05, 3.63) is 28.8 Å². The normalized spacial score (nSPS) is 12.8. The lowest BCUT2D eigenvalue weighted by atomic mass is 10.2. The van der Waals surface area contributed by atoms with Gasteiger partial charge in [0.2, 0.25) is 0 Å². The number of aliphatic hydroxyl groups excluding tert-OH is 1. The molecular formula is C12H18ClNOS. The van der Waals surface area contributed by atoms with Gasteiger partial charge in [-0.05, 0) is 30.7 Å². The van der Waals surface area contributed by atoms with Gasteiger partial charge in [0.25, 0.3) is 0 Å². The molecule has 2 nitrogen and oxygen atoms in total. The first-order valence-electron chi connectivity index (χ1n) is 5.34. The monoisotopic (exact) mass is 259 g/mol. The third-order valence-corrected chi connectivity index (χ3v) is 3.89. The van der Waals surface area contributed by atoms with Gasteiger partial charge in [0.15, 0.2) is 0 Å². The predicted molar refractivity (Wildman–Crippen MR) is 71.2 cm³/mol. The van der Waals surface area contributed by atoms with Gasteiger partial charge in [-0.25, -0.2) is 0 Å². The smallest absolute Gasteiger partial charge is 0.0464 e. The highest BCUT2D eigenvalue weighted by Gasteiger charge is 2.06. The maximum atomic E-state index is 8.99. The van der Waals surface area contributed by atoms with Crippen LogP contribution in [0.4, 0.5) is 0 Å². The number of aliphatic hydroxyl groups is 1. The zero-order chi connectivity index (χ0) is 12.0. The van der Waals surface area contributed by atoms with Gasteiger partial charge >= 0.3 is 0 Å². The molecule has 1 atom stereocenters. The van der Waals surface area contributed by atoms with E-state index in [-0.39, 0.29) is 6.61 Å². The lowest BCUT2D eigenvalue weighted by Crippen LogP contribution is -2.07. The first-order valence-corrected chi connectivity index (χ1v) is 6.70. The van der Waals surface area contributed by atoms with Crippen LogP contribution in [0.5, 0.6) is 0 Å². The summed E-state index contributed by atoms with van der Waals surface area (Å²) in [6, 6.07) is 5.95. The summed E-state index contributed by atoms with van der Waals surface area (Å²) in [5, 5.41) is 12.9. The molecule has 4 heteroatoms. The maximum absolute atomic E-state index is 8.99. The number of thioether (sulfide) groups is 1. The van der Waals surface area contributed by atoms with E-state index < -0.39 is 0 Å². The second-order valence-corrected chi connectivity index (χ2v) is 5.38. The van der Waals surface area contributed by atoms with Gasteiger partial charge in [-0.1, -0.05) is 24.6 Å². The molecule has 0 fully saturated rings. The number of nitrogens with one attached hydrogen (secondary N) is 1. The third-order valence-electron chi connectivity index (χ3n) is 2.23. The van der Waals surface area contributed by atoms with Crippen LogP contribution in [0.15, 0.2) is 23.1 Å². The summed E-state index contributed by atoms with van der Waals surface area (Å²) in [5.74, 6) is 1.22. The summed E-state index contributed by atoms with van der Waals surface area (Å²) >= 11 is 7.73. The summed E-state index contributed by atoms with van der Waals surface area (Å²) in [4.78, 5) is 1.20. The SMILES string of the molecule is CNCc1ccc(Cl)cc1SCC(C)CO. The molecule has 90 valence electrons. The van der Waals surface area contributed by atoms with E-state index in [0.29, 0.717) is 5.92 Å².